The Hall–Kier alpha value is -1.58. The summed E-state index contributed by atoms with van der Waals surface area (Å²) >= 11 is 12.4. The average molecular weight is 346 g/mol. The first kappa shape index (κ1) is 15.0. The average Bonchev–Trinajstić information content (AvgIpc) is 2.89. The van der Waals surface area contributed by atoms with Crippen molar-refractivity contribution in [1.29, 1.82) is 0 Å². The van der Waals surface area contributed by atoms with Gasteiger partial charge in [0.15, 0.2) is 5.65 Å². The molecule has 4 rings (SSSR count). The Morgan fingerprint density at radius 1 is 1.09 bits per heavy atom. The fraction of sp³-hybridized carbons (Fsp3) is 0.333. The molecule has 1 aromatic carbocycles. The number of aromatic nitrogens is 3. The molecule has 0 bridgehead atoms. The van der Waals surface area contributed by atoms with Gasteiger partial charge in [0.05, 0.1) is 11.9 Å². The van der Waals surface area contributed by atoms with Crippen molar-refractivity contribution in [2.24, 2.45) is 5.41 Å². The van der Waals surface area contributed by atoms with E-state index in [1.165, 1.54) is 11.3 Å². The summed E-state index contributed by atoms with van der Waals surface area (Å²) in [5, 5.41) is 1.37. The zero-order valence-corrected chi connectivity index (χ0v) is 14.7. The van der Waals surface area contributed by atoms with Crippen LogP contribution in [0, 0.1) is 12.3 Å². The van der Waals surface area contributed by atoms with Crippen molar-refractivity contribution in [2.75, 3.05) is 0 Å². The highest BCUT2D eigenvalue weighted by atomic mass is 35.5. The number of hydrogen-bond donors (Lipinski definition) is 0. The summed E-state index contributed by atoms with van der Waals surface area (Å²) in [6.07, 6.45) is 5.55. The molecule has 2 aromatic heterocycles. The third-order valence-electron chi connectivity index (χ3n) is 5.07. The van der Waals surface area contributed by atoms with E-state index in [-0.39, 0.29) is 5.41 Å². The quantitative estimate of drug-likeness (QED) is 0.634. The lowest BCUT2D eigenvalue weighted by Crippen LogP contribution is -1.93. The Morgan fingerprint density at radius 3 is 2.43 bits per heavy atom. The molecule has 0 spiro atoms. The SMILES string of the molecule is Cc1c([C@@H]2[C@@H](c3cc(Cl)cc(Cl)c3)C2(C)C)nc2cnccn12. The van der Waals surface area contributed by atoms with Gasteiger partial charge in [0, 0.05) is 34.1 Å². The third-order valence-corrected chi connectivity index (χ3v) is 5.51. The van der Waals surface area contributed by atoms with E-state index in [4.69, 9.17) is 28.2 Å². The Kier molecular flexibility index (Phi) is 3.23. The molecule has 2 atom stereocenters. The zero-order chi connectivity index (χ0) is 16.4. The van der Waals surface area contributed by atoms with Crippen LogP contribution in [-0.2, 0) is 0 Å². The zero-order valence-electron chi connectivity index (χ0n) is 13.2. The summed E-state index contributed by atoms with van der Waals surface area (Å²) in [5.41, 5.74) is 4.53. The van der Waals surface area contributed by atoms with Crippen LogP contribution in [0.25, 0.3) is 5.65 Å². The van der Waals surface area contributed by atoms with Gasteiger partial charge >= 0.3 is 0 Å². The van der Waals surface area contributed by atoms with E-state index in [2.05, 4.69) is 30.2 Å². The van der Waals surface area contributed by atoms with Crippen molar-refractivity contribution in [3.63, 3.8) is 0 Å². The minimum Gasteiger partial charge on any atom is -0.301 e. The van der Waals surface area contributed by atoms with E-state index < -0.39 is 0 Å². The first-order chi connectivity index (χ1) is 10.9. The molecule has 3 aromatic rings. The fourth-order valence-electron chi connectivity index (χ4n) is 3.87. The molecule has 0 amide bonds. The number of imidazole rings is 1. The highest BCUT2D eigenvalue weighted by Gasteiger charge is 2.60. The van der Waals surface area contributed by atoms with Crippen molar-refractivity contribution in [1.82, 2.24) is 14.4 Å². The summed E-state index contributed by atoms with van der Waals surface area (Å²) in [6, 6.07) is 5.82. The normalized spacial score (nSPS) is 22.5. The molecule has 2 heterocycles. The van der Waals surface area contributed by atoms with Crippen LogP contribution in [0.3, 0.4) is 0 Å². The largest absolute Gasteiger partial charge is 0.301 e. The minimum atomic E-state index is 0.129. The van der Waals surface area contributed by atoms with Gasteiger partial charge in [-0.25, -0.2) is 4.98 Å². The number of hydrogen-bond acceptors (Lipinski definition) is 2. The number of fused-ring (bicyclic) bond motifs is 1. The monoisotopic (exact) mass is 345 g/mol. The van der Waals surface area contributed by atoms with Crippen molar-refractivity contribution < 1.29 is 0 Å². The van der Waals surface area contributed by atoms with Gasteiger partial charge in [-0.2, -0.15) is 0 Å². The lowest BCUT2D eigenvalue weighted by molar-refractivity contribution is 0.597. The molecule has 1 aliphatic carbocycles. The molecule has 118 valence electrons. The highest BCUT2D eigenvalue weighted by Crippen LogP contribution is 2.70. The molecular formula is C18H17Cl2N3. The first-order valence-electron chi connectivity index (χ1n) is 7.64. The van der Waals surface area contributed by atoms with Crippen LogP contribution < -0.4 is 0 Å². The second kappa shape index (κ2) is 4.96. The van der Waals surface area contributed by atoms with Crippen molar-refractivity contribution in [3.8, 4) is 0 Å². The van der Waals surface area contributed by atoms with Gasteiger partial charge in [-0.1, -0.05) is 37.0 Å². The van der Waals surface area contributed by atoms with Gasteiger partial charge in [0.25, 0.3) is 0 Å². The Morgan fingerprint density at radius 2 is 1.78 bits per heavy atom. The summed E-state index contributed by atoms with van der Waals surface area (Å²) in [6.45, 7) is 6.67. The van der Waals surface area contributed by atoms with E-state index in [1.807, 2.05) is 18.3 Å². The second-order valence-corrected chi connectivity index (χ2v) is 7.74. The molecule has 0 radical (unpaired) electrons. The predicted molar refractivity (Wildman–Crippen MR) is 93.4 cm³/mol. The van der Waals surface area contributed by atoms with Gasteiger partial charge in [0.2, 0.25) is 0 Å². The molecule has 1 saturated carbocycles. The summed E-state index contributed by atoms with van der Waals surface area (Å²) in [5.74, 6) is 0.729. The number of benzene rings is 1. The summed E-state index contributed by atoms with van der Waals surface area (Å²) < 4.78 is 2.10. The number of nitrogens with zero attached hydrogens (tertiary/aromatic N) is 3. The summed E-state index contributed by atoms with van der Waals surface area (Å²) in [4.78, 5) is 8.99. The Bertz CT molecular complexity index is 894. The second-order valence-electron chi connectivity index (χ2n) is 6.87. The maximum Gasteiger partial charge on any atom is 0.155 e. The van der Waals surface area contributed by atoms with E-state index >= 15 is 0 Å². The van der Waals surface area contributed by atoms with E-state index in [1.54, 1.807) is 18.5 Å². The topological polar surface area (TPSA) is 30.2 Å². The lowest BCUT2D eigenvalue weighted by Gasteiger charge is -2.04. The highest BCUT2D eigenvalue weighted by molar-refractivity contribution is 6.34. The van der Waals surface area contributed by atoms with Crippen molar-refractivity contribution >= 4 is 28.8 Å². The van der Waals surface area contributed by atoms with Crippen LogP contribution in [0.5, 0.6) is 0 Å². The van der Waals surface area contributed by atoms with Crippen LogP contribution in [0.2, 0.25) is 10.0 Å². The van der Waals surface area contributed by atoms with Crippen molar-refractivity contribution in [2.45, 2.75) is 32.6 Å². The lowest BCUT2D eigenvalue weighted by atomic mass is 10.0. The molecule has 0 unspecified atom stereocenters. The molecular weight excluding hydrogens is 329 g/mol. The smallest absolute Gasteiger partial charge is 0.155 e. The predicted octanol–water partition coefficient (Wildman–Crippen LogP) is 5.25. The first-order valence-corrected chi connectivity index (χ1v) is 8.40. The van der Waals surface area contributed by atoms with E-state index in [0.29, 0.717) is 21.9 Å². The van der Waals surface area contributed by atoms with Crippen LogP contribution in [0.1, 0.15) is 42.6 Å². The third kappa shape index (κ3) is 2.26. The molecule has 0 aliphatic heterocycles. The molecule has 0 N–H and O–H groups in total. The van der Waals surface area contributed by atoms with Gasteiger partial charge in [-0.3, -0.25) is 4.98 Å². The maximum atomic E-state index is 6.19. The number of rotatable bonds is 2. The van der Waals surface area contributed by atoms with Crippen molar-refractivity contribution in [3.05, 3.63) is 63.8 Å². The Labute approximate surface area is 145 Å². The van der Waals surface area contributed by atoms with E-state index in [0.717, 1.165) is 11.3 Å². The standard InChI is InChI=1S/C18H17Cl2N3/c1-10-17(22-14-9-21-4-5-23(10)14)16-15(18(16,2)3)11-6-12(19)8-13(20)7-11/h4-9,15-16H,1-3H3/t15-,16+/m1/s1. The van der Waals surface area contributed by atoms with Crippen LogP contribution in [0.15, 0.2) is 36.8 Å². The molecule has 3 nitrogen and oxygen atoms in total. The van der Waals surface area contributed by atoms with Gasteiger partial charge in [0.1, 0.15) is 0 Å². The van der Waals surface area contributed by atoms with E-state index in [9.17, 15) is 0 Å². The molecule has 1 fully saturated rings. The molecule has 5 heteroatoms. The van der Waals surface area contributed by atoms with Crippen LogP contribution in [-0.4, -0.2) is 14.4 Å². The fourth-order valence-corrected chi connectivity index (χ4v) is 4.41. The molecule has 1 aliphatic rings. The van der Waals surface area contributed by atoms with Gasteiger partial charge < -0.3 is 4.40 Å². The number of aryl methyl sites for hydroxylation is 1. The maximum absolute atomic E-state index is 6.19. The molecule has 0 saturated heterocycles. The Balaban J connectivity index is 1.81. The van der Waals surface area contributed by atoms with Crippen LogP contribution in [0.4, 0.5) is 0 Å². The number of halogens is 2. The van der Waals surface area contributed by atoms with Crippen LogP contribution >= 0.6 is 23.2 Å². The summed E-state index contributed by atoms with van der Waals surface area (Å²) in [7, 11) is 0. The van der Waals surface area contributed by atoms with Gasteiger partial charge in [-0.05, 0) is 42.0 Å². The van der Waals surface area contributed by atoms with Gasteiger partial charge in [-0.15, -0.1) is 0 Å². The minimum absolute atomic E-state index is 0.129. The molecule has 23 heavy (non-hydrogen) atoms.